The third-order valence-corrected chi connectivity index (χ3v) is 2.87. The van der Waals surface area contributed by atoms with Crippen LogP contribution in [0.3, 0.4) is 0 Å². The molecule has 0 radical (unpaired) electrons. The second-order valence-electron chi connectivity index (χ2n) is 3.95. The van der Waals surface area contributed by atoms with Crippen LogP contribution in [0.4, 0.5) is 0 Å². The van der Waals surface area contributed by atoms with E-state index < -0.39 is 0 Å². The van der Waals surface area contributed by atoms with Crippen LogP contribution >= 0.6 is 11.6 Å². The smallest absolute Gasteiger partial charge is 0.0700 e. The summed E-state index contributed by atoms with van der Waals surface area (Å²) in [4.78, 5) is 0. The van der Waals surface area contributed by atoms with Gasteiger partial charge in [0.2, 0.25) is 0 Å². The van der Waals surface area contributed by atoms with Gasteiger partial charge in [0.05, 0.1) is 13.2 Å². The first-order valence-electron chi connectivity index (χ1n) is 5.79. The molecule has 0 aliphatic carbocycles. The van der Waals surface area contributed by atoms with Gasteiger partial charge in [0.25, 0.3) is 0 Å². The van der Waals surface area contributed by atoms with Gasteiger partial charge < -0.3 is 15.2 Å². The van der Waals surface area contributed by atoms with Crippen molar-refractivity contribution in [3.63, 3.8) is 0 Å². The molecule has 17 heavy (non-hydrogen) atoms. The van der Waals surface area contributed by atoms with Crippen LogP contribution in [0.15, 0.2) is 24.3 Å². The average molecular weight is 258 g/mol. The largest absolute Gasteiger partial charge is 0.382 e. The highest BCUT2D eigenvalue weighted by atomic mass is 35.5. The fraction of sp³-hybridized carbons (Fsp3) is 0.538. The van der Waals surface area contributed by atoms with E-state index in [-0.39, 0.29) is 6.04 Å². The van der Waals surface area contributed by atoms with Crippen molar-refractivity contribution in [3.05, 3.63) is 34.9 Å². The van der Waals surface area contributed by atoms with Gasteiger partial charge in [-0.2, -0.15) is 0 Å². The first-order chi connectivity index (χ1) is 8.24. The summed E-state index contributed by atoms with van der Waals surface area (Å²) in [6.07, 6.45) is 1.61. The Kier molecular flexibility index (Phi) is 7.21. The molecule has 4 heteroatoms. The van der Waals surface area contributed by atoms with Gasteiger partial charge in [0.1, 0.15) is 0 Å². The van der Waals surface area contributed by atoms with Gasteiger partial charge >= 0.3 is 0 Å². The van der Waals surface area contributed by atoms with Crippen LogP contribution in [0.1, 0.15) is 12.0 Å². The van der Waals surface area contributed by atoms with Crippen molar-refractivity contribution in [1.29, 1.82) is 0 Å². The summed E-state index contributed by atoms with van der Waals surface area (Å²) < 4.78 is 10.3. The molecule has 0 aliphatic heterocycles. The molecule has 1 aromatic rings. The van der Waals surface area contributed by atoms with Crippen molar-refractivity contribution in [2.45, 2.75) is 18.9 Å². The van der Waals surface area contributed by atoms with E-state index in [1.807, 2.05) is 24.3 Å². The summed E-state index contributed by atoms with van der Waals surface area (Å²) in [5.74, 6) is 0. The molecule has 0 spiro atoms. The third kappa shape index (κ3) is 6.03. The molecule has 0 saturated heterocycles. The Bertz CT molecular complexity index is 320. The van der Waals surface area contributed by atoms with Crippen LogP contribution in [-0.2, 0) is 15.9 Å². The molecule has 0 aromatic heterocycles. The minimum Gasteiger partial charge on any atom is -0.382 e. The van der Waals surface area contributed by atoms with E-state index in [2.05, 4.69) is 0 Å². The van der Waals surface area contributed by atoms with Crippen LogP contribution in [0.2, 0.25) is 5.02 Å². The molecule has 0 saturated carbocycles. The van der Waals surface area contributed by atoms with E-state index in [9.17, 15) is 0 Å². The molecule has 0 fully saturated rings. The lowest BCUT2D eigenvalue weighted by molar-refractivity contribution is 0.0672. The first kappa shape index (κ1) is 14.5. The SMILES string of the molecule is COCCOCCC(N)Cc1ccccc1Cl. The summed E-state index contributed by atoms with van der Waals surface area (Å²) in [6.45, 7) is 1.91. The van der Waals surface area contributed by atoms with Gasteiger partial charge in [0.15, 0.2) is 0 Å². The predicted molar refractivity (Wildman–Crippen MR) is 70.4 cm³/mol. The van der Waals surface area contributed by atoms with Gasteiger partial charge in [-0.05, 0) is 24.5 Å². The maximum absolute atomic E-state index is 6.07. The van der Waals surface area contributed by atoms with Crippen molar-refractivity contribution in [2.75, 3.05) is 26.9 Å². The molecule has 1 aromatic carbocycles. The quantitative estimate of drug-likeness (QED) is 0.727. The Morgan fingerprint density at radius 1 is 1.24 bits per heavy atom. The number of ether oxygens (including phenoxy) is 2. The number of rotatable bonds is 8. The highest BCUT2D eigenvalue weighted by Gasteiger charge is 2.06. The molecule has 0 amide bonds. The Morgan fingerprint density at radius 3 is 2.71 bits per heavy atom. The summed E-state index contributed by atoms with van der Waals surface area (Å²) in [5, 5.41) is 0.781. The van der Waals surface area contributed by atoms with Crippen molar-refractivity contribution >= 4 is 11.6 Å². The number of benzene rings is 1. The van der Waals surface area contributed by atoms with Crippen molar-refractivity contribution in [1.82, 2.24) is 0 Å². The maximum atomic E-state index is 6.07. The second kappa shape index (κ2) is 8.48. The van der Waals surface area contributed by atoms with E-state index in [1.54, 1.807) is 7.11 Å². The van der Waals surface area contributed by atoms with Crippen LogP contribution < -0.4 is 5.73 Å². The fourth-order valence-electron chi connectivity index (χ4n) is 1.53. The Balaban J connectivity index is 2.21. The first-order valence-corrected chi connectivity index (χ1v) is 6.17. The van der Waals surface area contributed by atoms with Gasteiger partial charge in [-0.1, -0.05) is 29.8 Å². The highest BCUT2D eigenvalue weighted by molar-refractivity contribution is 6.31. The fourth-order valence-corrected chi connectivity index (χ4v) is 1.74. The standard InChI is InChI=1S/C13H20ClNO2/c1-16-8-9-17-7-6-12(15)10-11-4-2-3-5-13(11)14/h2-5,12H,6-10,15H2,1H3. The molecule has 2 N–H and O–H groups in total. The lowest BCUT2D eigenvalue weighted by Gasteiger charge is -2.12. The molecular formula is C13H20ClNO2. The van der Waals surface area contributed by atoms with Crippen molar-refractivity contribution < 1.29 is 9.47 Å². The van der Waals surface area contributed by atoms with E-state index in [4.69, 9.17) is 26.8 Å². The van der Waals surface area contributed by atoms with Gasteiger partial charge in [-0.15, -0.1) is 0 Å². The van der Waals surface area contributed by atoms with E-state index >= 15 is 0 Å². The summed E-state index contributed by atoms with van der Waals surface area (Å²) in [5.41, 5.74) is 7.12. The van der Waals surface area contributed by atoms with Crippen LogP contribution in [-0.4, -0.2) is 33.0 Å². The third-order valence-electron chi connectivity index (χ3n) is 2.50. The number of methoxy groups -OCH3 is 1. The zero-order chi connectivity index (χ0) is 12.5. The molecule has 3 nitrogen and oxygen atoms in total. The average Bonchev–Trinajstić information content (AvgIpc) is 2.32. The molecule has 0 bridgehead atoms. The summed E-state index contributed by atoms with van der Waals surface area (Å²) >= 11 is 6.07. The maximum Gasteiger partial charge on any atom is 0.0700 e. The molecule has 1 atom stereocenters. The molecule has 1 unspecified atom stereocenters. The Hall–Kier alpha value is -0.610. The van der Waals surface area contributed by atoms with Gasteiger partial charge in [-0.3, -0.25) is 0 Å². The van der Waals surface area contributed by atoms with Crippen molar-refractivity contribution in [2.24, 2.45) is 5.73 Å². The molecular weight excluding hydrogens is 238 g/mol. The predicted octanol–water partition coefficient (Wildman–Crippen LogP) is 2.26. The van der Waals surface area contributed by atoms with E-state index in [0.717, 1.165) is 23.4 Å². The number of nitrogens with two attached hydrogens (primary N) is 1. The Morgan fingerprint density at radius 2 is 2.00 bits per heavy atom. The minimum atomic E-state index is 0.0810. The molecule has 0 heterocycles. The van der Waals surface area contributed by atoms with Gasteiger partial charge in [-0.25, -0.2) is 0 Å². The zero-order valence-corrected chi connectivity index (χ0v) is 11.0. The van der Waals surface area contributed by atoms with Crippen LogP contribution in [0.5, 0.6) is 0 Å². The number of hydrogen-bond acceptors (Lipinski definition) is 3. The van der Waals surface area contributed by atoms with E-state index in [1.165, 1.54) is 0 Å². The second-order valence-corrected chi connectivity index (χ2v) is 4.36. The zero-order valence-electron chi connectivity index (χ0n) is 10.2. The lowest BCUT2D eigenvalue weighted by atomic mass is 10.0. The molecule has 96 valence electrons. The molecule has 0 aliphatic rings. The number of halogens is 1. The topological polar surface area (TPSA) is 44.5 Å². The van der Waals surface area contributed by atoms with E-state index in [0.29, 0.717) is 19.8 Å². The monoisotopic (exact) mass is 257 g/mol. The summed E-state index contributed by atoms with van der Waals surface area (Å²) in [6, 6.07) is 7.87. The molecule has 1 rings (SSSR count). The van der Waals surface area contributed by atoms with Crippen LogP contribution in [0.25, 0.3) is 0 Å². The number of hydrogen-bond donors (Lipinski definition) is 1. The lowest BCUT2D eigenvalue weighted by Crippen LogP contribution is -2.25. The van der Waals surface area contributed by atoms with Crippen LogP contribution in [0, 0.1) is 0 Å². The highest BCUT2D eigenvalue weighted by Crippen LogP contribution is 2.16. The minimum absolute atomic E-state index is 0.0810. The van der Waals surface area contributed by atoms with Crippen molar-refractivity contribution in [3.8, 4) is 0 Å². The Labute approximate surface area is 108 Å². The van der Waals surface area contributed by atoms with Gasteiger partial charge in [0, 0.05) is 24.8 Å². The normalized spacial score (nSPS) is 12.6. The summed E-state index contributed by atoms with van der Waals surface area (Å²) in [7, 11) is 1.66.